The van der Waals surface area contributed by atoms with Crippen molar-refractivity contribution in [1.82, 2.24) is 0 Å². The van der Waals surface area contributed by atoms with E-state index in [0.717, 1.165) is 41.0 Å². The molecule has 38 heavy (non-hydrogen) atoms. The number of ether oxygens (including phenoxy) is 1. The summed E-state index contributed by atoms with van der Waals surface area (Å²) in [6.45, 7) is 12.9. The monoisotopic (exact) mass is 509 g/mol. The van der Waals surface area contributed by atoms with E-state index < -0.39 is 0 Å². The van der Waals surface area contributed by atoms with Crippen molar-refractivity contribution in [1.29, 1.82) is 10.5 Å². The van der Waals surface area contributed by atoms with Crippen LogP contribution in [-0.2, 0) is 11.2 Å². The predicted molar refractivity (Wildman–Crippen MR) is 156 cm³/mol. The number of benzene rings is 2. The van der Waals surface area contributed by atoms with Crippen LogP contribution >= 0.6 is 0 Å². The van der Waals surface area contributed by atoms with Crippen LogP contribution in [0.25, 0.3) is 6.08 Å². The Bertz CT molecular complexity index is 1290. The first-order valence-electron chi connectivity index (χ1n) is 13.4. The summed E-state index contributed by atoms with van der Waals surface area (Å²) in [6.07, 6.45) is 6.80. The summed E-state index contributed by atoms with van der Waals surface area (Å²) in [5.74, 6) is 0.374. The lowest BCUT2D eigenvalue weighted by atomic mass is 10.00. The van der Waals surface area contributed by atoms with Crippen LogP contribution < -0.4 is 4.90 Å². The van der Waals surface area contributed by atoms with E-state index in [1.165, 1.54) is 18.5 Å². The minimum absolute atomic E-state index is 0.287. The smallest absolute Gasteiger partial charge is 0.151 e. The van der Waals surface area contributed by atoms with E-state index in [4.69, 9.17) is 4.74 Å². The number of nitrogens with zero attached hydrogens (tertiary/aromatic N) is 5. The van der Waals surface area contributed by atoms with E-state index in [1.54, 1.807) is 6.92 Å². The molecule has 0 saturated heterocycles. The molecule has 0 N–H and O–H groups in total. The van der Waals surface area contributed by atoms with Gasteiger partial charge in [0.1, 0.15) is 17.7 Å². The quantitative estimate of drug-likeness (QED) is 0.249. The lowest BCUT2D eigenvalue weighted by molar-refractivity contribution is 0.190. The fourth-order valence-corrected chi connectivity index (χ4v) is 4.01. The second-order valence-electron chi connectivity index (χ2n) is 8.83. The molecule has 1 aliphatic rings. The van der Waals surface area contributed by atoms with E-state index in [9.17, 15) is 10.5 Å². The Morgan fingerprint density at radius 2 is 1.68 bits per heavy atom. The van der Waals surface area contributed by atoms with E-state index >= 15 is 0 Å². The van der Waals surface area contributed by atoms with Crippen LogP contribution in [0.4, 0.5) is 17.1 Å². The summed E-state index contributed by atoms with van der Waals surface area (Å²) in [6, 6.07) is 18.4. The summed E-state index contributed by atoms with van der Waals surface area (Å²) < 4.78 is 5.79. The lowest BCUT2D eigenvalue weighted by Crippen LogP contribution is -2.17. The van der Waals surface area contributed by atoms with Crippen LogP contribution in [-0.4, -0.2) is 19.7 Å². The highest BCUT2D eigenvalue weighted by atomic mass is 16.5. The highest BCUT2D eigenvalue weighted by Gasteiger charge is 2.28. The zero-order valence-corrected chi connectivity index (χ0v) is 23.7. The Morgan fingerprint density at radius 1 is 1.03 bits per heavy atom. The molecule has 1 aliphatic heterocycles. The third-order valence-corrected chi connectivity index (χ3v) is 6.24. The van der Waals surface area contributed by atoms with Gasteiger partial charge in [-0.15, -0.1) is 0 Å². The summed E-state index contributed by atoms with van der Waals surface area (Å²) >= 11 is 0. The van der Waals surface area contributed by atoms with Crippen LogP contribution in [0.3, 0.4) is 0 Å². The Balaban J connectivity index is 0.00000247. The van der Waals surface area contributed by atoms with Crippen LogP contribution in [0, 0.1) is 22.7 Å². The molecule has 2 aromatic carbocycles. The molecule has 0 aliphatic carbocycles. The third kappa shape index (κ3) is 7.67. The number of anilines is 1. The first kappa shape index (κ1) is 30.1. The molecule has 2 aromatic rings. The van der Waals surface area contributed by atoms with E-state index in [-0.39, 0.29) is 6.10 Å². The molecule has 6 heteroatoms. The molecule has 1 heterocycles. The van der Waals surface area contributed by atoms with Crippen molar-refractivity contribution in [3.05, 3.63) is 82.1 Å². The van der Waals surface area contributed by atoms with Crippen molar-refractivity contribution in [2.24, 2.45) is 10.2 Å². The van der Waals surface area contributed by atoms with Crippen molar-refractivity contribution in [3.63, 3.8) is 0 Å². The Labute approximate surface area is 228 Å². The van der Waals surface area contributed by atoms with Crippen LogP contribution in [0.2, 0.25) is 0 Å². The summed E-state index contributed by atoms with van der Waals surface area (Å²) in [5.41, 5.74) is 6.55. The number of nitriles is 2. The van der Waals surface area contributed by atoms with Gasteiger partial charge >= 0.3 is 0 Å². The molecule has 0 saturated carbocycles. The highest BCUT2D eigenvalue weighted by Crippen LogP contribution is 2.33. The van der Waals surface area contributed by atoms with Gasteiger partial charge in [0.25, 0.3) is 0 Å². The topological polar surface area (TPSA) is 84.8 Å². The number of rotatable bonds is 9. The molecule has 0 bridgehead atoms. The number of allylic oxidation sites excluding steroid dienone is 2. The molecule has 3 rings (SSSR count). The molecule has 1 unspecified atom stereocenters. The van der Waals surface area contributed by atoms with Crippen molar-refractivity contribution in [2.45, 2.75) is 66.9 Å². The van der Waals surface area contributed by atoms with Gasteiger partial charge in [-0.2, -0.15) is 20.8 Å². The number of aryl methyl sites for hydroxylation is 1. The first-order valence-corrected chi connectivity index (χ1v) is 13.4. The standard InChI is InChI=1S/C30H33N5O.C2H6/c1-6-8-17-35(5)27-14-12-25(13-15-27)33-34-26-11-9-24(23(7-2)18-26)10-16-28-22(4)36-30(21(3)19-31)29(28)20-32;1-2/h9-16,18,22H,6-8,17H2,1-5H3;1-2H3/b16-10+,30-21+,34-33?;. The minimum atomic E-state index is -0.287. The molecule has 0 amide bonds. The summed E-state index contributed by atoms with van der Waals surface area (Å²) in [7, 11) is 2.11. The first-order chi connectivity index (χ1) is 18.4. The van der Waals surface area contributed by atoms with Gasteiger partial charge in [-0.3, -0.25) is 0 Å². The van der Waals surface area contributed by atoms with E-state index in [0.29, 0.717) is 16.9 Å². The summed E-state index contributed by atoms with van der Waals surface area (Å²) in [4.78, 5) is 2.25. The lowest BCUT2D eigenvalue weighted by Gasteiger charge is -2.18. The van der Waals surface area contributed by atoms with Gasteiger partial charge in [0.05, 0.1) is 23.0 Å². The normalized spacial score (nSPS) is 16.1. The molecule has 0 spiro atoms. The van der Waals surface area contributed by atoms with Gasteiger partial charge in [-0.05, 0) is 74.2 Å². The largest absolute Gasteiger partial charge is 0.484 e. The maximum Gasteiger partial charge on any atom is 0.151 e. The molecule has 6 nitrogen and oxygen atoms in total. The number of hydrogen-bond donors (Lipinski definition) is 0. The van der Waals surface area contributed by atoms with Crippen molar-refractivity contribution >= 4 is 23.1 Å². The predicted octanol–water partition coefficient (Wildman–Crippen LogP) is 8.98. The summed E-state index contributed by atoms with van der Waals surface area (Å²) in [5, 5.41) is 27.7. The van der Waals surface area contributed by atoms with Gasteiger partial charge < -0.3 is 9.64 Å². The van der Waals surface area contributed by atoms with E-state index in [1.807, 2.05) is 63.3 Å². The Morgan fingerprint density at radius 3 is 2.29 bits per heavy atom. The average molecular weight is 510 g/mol. The average Bonchev–Trinajstić information content (AvgIpc) is 3.29. The van der Waals surface area contributed by atoms with Gasteiger partial charge in [-0.1, -0.05) is 52.3 Å². The molecule has 198 valence electrons. The maximum atomic E-state index is 9.64. The van der Waals surface area contributed by atoms with Gasteiger partial charge in [0, 0.05) is 24.9 Å². The number of unbranched alkanes of at least 4 members (excludes halogenated alkanes) is 1. The molecule has 1 atom stereocenters. The maximum absolute atomic E-state index is 9.64. The van der Waals surface area contributed by atoms with Crippen LogP contribution in [0.15, 0.2) is 81.2 Å². The van der Waals surface area contributed by atoms with Gasteiger partial charge in [0.15, 0.2) is 5.76 Å². The number of hydrogen-bond acceptors (Lipinski definition) is 6. The molecular weight excluding hydrogens is 470 g/mol. The molecule has 0 fully saturated rings. The van der Waals surface area contributed by atoms with Crippen LogP contribution in [0.5, 0.6) is 0 Å². The zero-order valence-electron chi connectivity index (χ0n) is 23.7. The van der Waals surface area contributed by atoms with Crippen molar-refractivity contribution < 1.29 is 4.74 Å². The second kappa shape index (κ2) is 15.2. The fraction of sp³-hybridized carbons (Fsp3) is 0.375. The number of azo groups is 1. The van der Waals surface area contributed by atoms with Gasteiger partial charge in [0.2, 0.25) is 0 Å². The minimum Gasteiger partial charge on any atom is -0.484 e. The molecule has 0 radical (unpaired) electrons. The Kier molecular flexibility index (Phi) is 12.0. The fourth-order valence-electron chi connectivity index (χ4n) is 4.01. The van der Waals surface area contributed by atoms with Crippen molar-refractivity contribution in [2.75, 3.05) is 18.5 Å². The molecule has 0 aromatic heterocycles. The third-order valence-electron chi connectivity index (χ3n) is 6.24. The van der Waals surface area contributed by atoms with Crippen LogP contribution in [0.1, 0.15) is 65.5 Å². The SMILES string of the molecule is CC.CCCCN(C)c1ccc(N=Nc2ccc(/C=C/C3=C(C#N)C(=C(/C)C#N)/OC3C)c(CC)c2)cc1. The van der Waals surface area contributed by atoms with Gasteiger partial charge in [-0.25, -0.2) is 0 Å². The Hall–Kier alpha value is -4.16. The molecular formula is C32H39N5O. The highest BCUT2D eigenvalue weighted by molar-refractivity contribution is 5.64. The van der Waals surface area contributed by atoms with E-state index in [2.05, 4.69) is 60.3 Å². The zero-order chi connectivity index (χ0) is 28.1. The van der Waals surface area contributed by atoms with Crippen molar-refractivity contribution in [3.8, 4) is 12.1 Å². The second-order valence-corrected chi connectivity index (χ2v) is 8.83.